The Kier molecular flexibility index (Phi) is 2.93. The van der Waals surface area contributed by atoms with Gasteiger partial charge in [-0.25, -0.2) is 0 Å². The first-order valence-electron chi connectivity index (χ1n) is 6.72. The van der Waals surface area contributed by atoms with Crippen molar-refractivity contribution in [2.75, 3.05) is 13.2 Å². The van der Waals surface area contributed by atoms with Gasteiger partial charge in [-0.3, -0.25) is 0 Å². The summed E-state index contributed by atoms with van der Waals surface area (Å²) >= 11 is 0. The summed E-state index contributed by atoms with van der Waals surface area (Å²) in [6.45, 7) is 2.25. The Bertz CT molecular complexity index is 394. The molecule has 1 aromatic carbocycles. The van der Waals surface area contributed by atoms with Gasteiger partial charge in [0.05, 0.1) is 0 Å². The minimum absolute atomic E-state index is 0.217. The molecular formula is C15H21NO. The van der Waals surface area contributed by atoms with Crippen LogP contribution in [0.3, 0.4) is 0 Å². The van der Waals surface area contributed by atoms with Crippen LogP contribution in [0.1, 0.15) is 42.7 Å². The van der Waals surface area contributed by atoms with Crippen molar-refractivity contribution >= 4 is 0 Å². The lowest BCUT2D eigenvalue weighted by Crippen LogP contribution is -2.26. The van der Waals surface area contributed by atoms with Gasteiger partial charge in [-0.15, -0.1) is 0 Å². The summed E-state index contributed by atoms with van der Waals surface area (Å²) in [4.78, 5) is 0. The summed E-state index contributed by atoms with van der Waals surface area (Å²) in [7, 11) is 0. The fourth-order valence-electron chi connectivity index (χ4n) is 2.52. The van der Waals surface area contributed by atoms with E-state index in [1.165, 1.54) is 36.8 Å². The monoisotopic (exact) mass is 231 g/mol. The van der Waals surface area contributed by atoms with Gasteiger partial charge < -0.3 is 10.4 Å². The number of aliphatic hydroxyl groups is 1. The average molecular weight is 231 g/mol. The smallest absolute Gasteiger partial charge is 0.0499 e. The van der Waals surface area contributed by atoms with Crippen LogP contribution in [0.25, 0.3) is 0 Å². The highest BCUT2D eigenvalue weighted by Crippen LogP contribution is 2.44. The van der Waals surface area contributed by atoms with E-state index in [1.54, 1.807) is 0 Å². The van der Waals surface area contributed by atoms with Crippen molar-refractivity contribution in [1.82, 2.24) is 5.32 Å². The summed E-state index contributed by atoms with van der Waals surface area (Å²) in [5.41, 5.74) is 3.20. The van der Waals surface area contributed by atoms with Gasteiger partial charge in [-0.2, -0.15) is 0 Å². The summed E-state index contributed by atoms with van der Waals surface area (Å²) in [5, 5.41) is 12.8. The molecule has 0 radical (unpaired) electrons. The molecule has 2 aliphatic carbocycles. The van der Waals surface area contributed by atoms with Crippen molar-refractivity contribution in [3.63, 3.8) is 0 Å². The molecule has 2 aliphatic rings. The van der Waals surface area contributed by atoms with Gasteiger partial charge in [-0.05, 0) is 42.7 Å². The zero-order valence-electron chi connectivity index (χ0n) is 10.3. The number of benzene rings is 1. The highest BCUT2D eigenvalue weighted by Gasteiger charge is 2.41. The van der Waals surface area contributed by atoms with Gasteiger partial charge in [-0.1, -0.05) is 24.3 Å². The maximum atomic E-state index is 9.27. The molecule has 3 rings (SSSR count). The van der Waals surface area contributed by atoms with E-state index in [9.17, 15) is 5.11 Å². The topological polar surface area (TPSA) is 32.3 Å². The molecule has 92 valence electrons. The van der Waals surface area contributed by atoms with Crippen molar-refractivity contribution in [3.8, 4) is 0 Å². The van der Waals surface area contributed by atoms with E-state index in [2.05, 4.69) is 29.6 Å². The summed E-state index contributed by atoms with van der Waals surface area (Å²) in [6, 6.07) is 8.78. The molecule has 0 atom stereocenters. The van der Waals surface area contributed by atoms with Crippen LogP contribution in [0.5, 0.6) is 0 Å². The lowest BCUT2D eigenvalue weighted by atomic mass is 10.0. The Labute approximate surface area is 103 Å². The van der Waals surface area contributed by atoms with Gasteiger partial charge in [0.25, 0.3) is 0 Å². The first-order valence-corrected chi connectivity index (χ1v) is 6.72. The minimum atomic E-state index is 0.217. The van der Waals surface area contributed by atoms with Crippen LogP contribution in [0, 0.1) is 5.41 Å². The number of aliphatic hydroxyl groups excluding tert-OH is 1. The van der Waals surface area contributed by atoms with E-state index < -0.39 is 0 Å². The van der Waals surface area contributed by atoms with Crippen molar-refractivity contribution in [1.29, 1.82) is 0 Å². The molecule has 2 fully saturated rings. The van der Waals surface area contributed by atoms with Gasteiger partial charge in [0, 0.05) is 25.1 Å². The van der Waals surface area contributed by atoms with Crippen molar-refractivity contribution in [2.24, 2.45) is 5.41 Å². The molecule has 0 bridgehead atoms. The highest BCUT2D eigenvalue weighted by molar-refractivity contribution is 5.33. The van der Waals surface area contributed by atoms with E-state index in [4.69, 9.17) is 0 Å². The molecular weight excluding hydrogens is 210 g/mol. The third-order valence-electron chi connectivity index (χ3n) is 4.18. The maximum absolute atomic E-state index is 9.27. The standard InChI is InChI=1S/C15H21NO/c17-11-15(7-8-15)10-16-9-13-3-1-2-4-14(13)12-5-6-12/h1-4,12,16-17H,5-11H2. The Balaban J connectivity index is 1.57. The zero-order valence-corrected chi connectivity index (χ0v) is 10.3. The molecule has 0 aromatic heterocycles. The number of hydrogen-bond donors (Lipinski definition) is 2. The molecule has 0 unspecified atom stereocenters. The van der Waals surface area contributed by atoms with Crippen LogP contribution in [-0.4, -0.2) is 18.3 Å². The molecule has 0 amide bonds. The average Bonchev–Trinajstić information content (AvgIpc) is 3.25. The molecule has 0 aliphatic heterocycles. The number of nitrogens with one attached hydrogen (secondary N) is 1. The van der Waals surface area contributed by atoms with E-state index in [0.717, 1.165) is 19.0 Å². The Morgan fingerprint density at radius 1 is 1.24 bits per heavy atom. The van der Waals surface area contributed by atoms with Gasteiger partial charge in [0.2, 0.25) is 0 Å². The third kappa shape index (κ3) is 2.53. The van der Waals surface area contributed by atoms with E-state index in [-0.39, 0.29) is 5.41 Å². The number of rotatable bonds is 6. The molecule has 17 heavy (non-hydrogen) atoms. The van der Waals surface area contributed by atoms with Crippen LogP contribution in [0.4, 0.5) is 0 Å². The molecule has 0 heterocycles. The minimum Gasteiger partial charge on any atom is -0.396 e. The first-order chi connectivity index (χ1) is 8.33. The van der Waals surface area contributed by atoms with Gasteiger partial charge in [0.1, 0.15) is 0 Å². The summed E-state index contributed by atoms with van der Waals surface area (Å²) < 4.78 is 0. The lowest BCUT2D eigenvalue weighted by molar-refractivity contribution is 0.207. The van der Waals surface area contributed by atoms with Crippen LogP contribution >= 0.6 is 0 Å². The van der Waals surface area contributed by atoms with Gasteiger partial charge in [0.15, 0.2) is 0 Å². The van der Waals surface area contributed by atoms with E-state index >= 15 is 0 Å². The molecule has 0 spiro atoms. The Hall–Kier alpha value is -0.860. The second-order valence-corrected chi connectivity index (χ2v) is 5.73. The summed E-state index contributed by atoms with van der Waals surface area (Å²) in [6.07, 6.45) is 5.08. The predicted octanol–water partition coefficient (Wildman–Crippen LogP) is 2.43. The summed E-state index contributed by atoms with van der Waals surface area (Å²) in [5.74, 6) is 0.820. The first kappa shape index (κ1) is 11.2. The SMILES string of the molecule is OCC1(CNCc2ccccc2C2CC2)CC1. The largest absolute Gasteiger partial charge is 0.396 e. The maximum Gasteiger partial charge on any atom is 0.0499 e. The fourth-order valence-corrected chi connectivity index (χ4v) is 2.52. The molecule has 2 saturated carbocycles. The lowest BCUT2D eigenvalue weighted by Gasteiger charge is -2.14. The molecule has 2 nitrogen and oxygen atoms in total. The molecule has 2 heteroatoms. The quantitative estimate of drug-likeness (QED) is 0.788. The Morgan fingerprint density at radius 3 is 2.65 bits per heavy atom. The van der Waals surface area contributed by atoms with Crippen LogP contribution in [0.15, 0.2) is 24.3 Å². The molecule has 1 aromatic rings. The molecule has 2 N–H and O–H groups in total. The third-order valence-corrected chi connectivity index (χ3v) is 4.18. The van der Waals surface area contributed by atoms with Crippen LogP contribution in [0.2, 0.25) is 0 Å². The zero-order chi connectivity index (χ0) is 11.7. The van der Waals surface area contributed by atoms with E-state index in [1.807, 2.05) is 0 Å². The van der Waals surface area contributed by atoms with E-state index in [0.29, 0.717) is 6.61 Å². The predicted molar refractivity (Wildman–Crippen MR) is 68.9 cm³/mol. The number of hydrogen-bond acceptors (Lipinski definition) is 2. The normalized spacial score (nSPS) is 21.5. The van der Waals surface area contributed by atoms with Crippen LogP contribution < -0.4 is 5.32 Å². The van der Waals surface area contributed by atoms with Crippen molar-refractivity contribution < 1.29 is 5.11 Å². The van der Waals surface area contributed by atoms with Crippen molar-refractivity contribution in [2.45, 2.75) is 38.1 Å². The van der Waals surface area contributed by atoms with Crippen molar-refractivity contribution in [3.05, 3.63) is 35.4 Å². The Morgan fingerprint density at radius 2 is 2.00 bits per heavy atom. The van der Waals surface area contributed by atoms with Crippen LogP contribution in [-0.2, 0) is 6.54 Å². The highest BCUT2D eigenvalue weighted by atomic mass is 16.3. The fraction of sp³-hybridized carbons (Fsp3) is 0.600. The molecule has 0 saturated heterocycles. The van der Waals surface area contributed by atoms with Gasteiger partial charge >= 0.3 is 0 Å². The second kappa shape index (κ2) is 4.43. The second-order valence-electron chi connectivity index (χ2n) is 5.73.